The largest absolute Gasteiger partial charge is 0.457 e. The summed E-state index contributed by atoms with van der Waals surface area (Å²) in [5, 5.41) is 6.37. The highest BCUT2D eigenvalue weighted by molar-refractivity contribution is 5.92. The Labute approximate surface area is 145 Å². The zero-order valence-corrected chi connectivity index (χ0v) is 14.2. The summed E-state index contributed by atoms with van der Waals surface area (Å²) in [6, 6.07) is 7.16. The number of ether oxygens (including phenoxy) is 1. The van der Waals surface area contributed by atoms with Crippen LogP contribution in [0.2, 0.25) is 0 Å². The number of nitrogens with two attached hydrogens (primary N) is 1. The van der Waals surface area contributed by atoms with Crippen LogP contribution in [0.15, 0.2) is 65.1 Å². The molecule has 0 fully saturated rings. The summed E-state index contributed by atoms with van der Waals surface area (Å²) in [7, 11) is 1.50. The molecule has 1 heterocycles. The number of hydrogen-bond donors (Lipinski definition) is 2. The number of amides is 1. The predicted molar refractivity (Wildman–Crippen MR) is 94.4 cm³/mol. The van der Waals surface area contributed by atoms with E-state index in [-0.39, 0.29) is 5.70 Å². The zero-order chi connectivity index (χ0) is 18.2. The lowest BCUT2D eigenvalue weighted by molar-refractivity contribution is -0.117. The van der Waals surface area contributed by atoms with Crippen molar-refractivity contribution in [2.45, 2.75) is 13.3 Å². The molecule has 0 saturated heterocycles. The minimum Gasteiger partial charge on any atom is -0.457 e. The Morgan fingerprint density at radius 2 is 2.12 bits per heavy atom. The van der Waals surface area contributed by atoms with Gasteiger partial charge in [-0.25, -0.2) is 0 Å². The van der Waals surface area contributed by atoms with Crippen LogP contribution in [-0.2, 0) is 11.2 Å². The van der Waals surface area contributed by atoms with E-state index < -0.39 is 5.91 Å². The van der Waals surface area contributed by atoms with Crippen molar-refractivity contribution in [2.75, 3.05) is 7.05 Å². The van der Waals surface area contributed by atoms with E-state index in [2.05, 4.69) is 22.0 Å². The van der Waals surface area contributed by atoms with Gasteiger partial charge in [0.2, 0.25) is 11.7 Å². The van der Waals surface area contributed by atoms with E-state index in [0.717, 1.165) is 5.56 Å². The molecule has 0 aliphatic heterocycles. The standard InChI is InChI=1S/C18H20N4O3/c1-4-6-14(11-15(19)18(23)20-3)24-13-9-7-12(8-10-13)17-21-16(5-2)25-22-17/h4,6-11H,1,5,19H2,2-3H3,(H,20,23)/b14-6+,15-11-. The summed E-state index contributed by atoms with van der Waals surface area (Å²) >= 11 is 0. The molecule has 7 heteroatoms. The van der Waals surface area contributed by atoms with E-state index in [1.165, 1.54) is 13.1 Å². The third kappa shape index (κ3) is 4.81. The number of carbonyl (C=O) groups is 1. The van der Waals surface area contributed by atoms with E-state index in [4.69, 9.17) is 15.0 Å². The Morgan fingerprint density at radius 3 is 2.68 bits per heavy atom. The summed E-state index contributed by atoms with van der Waals surface area (Å²) in [5.74, 6) is 1.67. The molecule has 0 bridgehead atoms. The molecule has 0 aliphatic carbocycles. The highest BCUT2D eigenvalue weighted by Crippen LogP contribution is 2.22. The lowest BCUT2D eigenvalue weighted by Gasteiger charge is -2.08. The zero-order valence-electron chi connectivity index (χ0n) is 14.2. The number of hydrogen-bond acceptors (Lipinski definition) is 6. The topological polar surface area (TPSA) is 103 Å². The van der Waals surface area contributed by atoms with Gasteiger partial charge in [-0.2, -0.15) is 4.98 Å². The van der Waals surface area contributed by atoms with Gasteiger partial charge in [0.05, 0.1) is 0 Å². The van der Waals surface area contributed by atoms with Gasteiger partial charge in [0.15, 0.2) is 0 Å². The van der Waals surface area contributed by atoms with Crippen LogP contribution in [-0.4, -0.2) is 23.1 Å². The van der Waals surface area contributed by atoms with Crippen LogP contribution in [0, 0.1) is 0 Å². The molecule has 0 radical (unpaired) electrons. The first kappa shape index (κ1) is 18.0. The Balaban J connectivity index is 2.16. The van der Waals surface area contributed by atoms with Crippen LogP contribution < -0.4 is 15.8 Å². The molecule has 0 saturated carbocycles. The van der Waals surface area contributed by atoms with Gasteiger partial charge in [0, 0.05) is 25.1 Å². The van der Waals surface area contributed by atoms with Crippen molar-refractivity contribution < 1.29 is 14.1 Å². The number of aryl methyl sites for hydroxylation is 1. The number of allylic oxidation sites excluding steroid dienone is 3. The van der Waals surface area contributed by atoms with E-state index in [0.29, 0.717) is 29.6 Å². The van der Waals surface area contributed by atoms with Gasteiger partial charge >= 0.3 is 0 Å². The van der Waals surface area contributed by atoms with Gasteiger partial charge in [-0.15, -0.1) is 0 Å². The summed E-state index contributed by atoms with van der Waals surface area (Å²) in [5.41, 5.74) is 6.54. The monoisotopic (exact) mass is 340 g/mol. The fourth-order valence-electron chi connectivity index (χ4n) is 1.91. The molecule has 3 N–H and O–H groups in total. The molecule has 2 rings (SSSR count). The Hall–Kier alpha value is -3.35. The average molecular weight is 340 g/mol. The molecule has 0 atom stereocenters. The number of rotatable bonds is 7. The minimum absolute atomic E-state index is 0.0334. The van der Waals surface area contributed by atoms with E-state index in [1.807, 2.05) is 19.1 Å². The van der Waals surface area contributed by atoms with Gasteiger partial charge in [0.25, 0.3) is 5.91 Å². The van der Waals surface area contributed by atoms with Gasteiger partial charge in [-0.1, -0.05) is 24.7 Å². The van der Waals surface area contributed by atoms with Crippen molar-refractivity contribution in [2.24, 2.45) is 5.73 Å². The lowest BCUT2D eigenvalue weighted by Crippen LogP contribution is -2.25. The van der Waals surface area contributed by atoms with E-state index >= 15 is 0 Å². The highest BCUT2D eigenvalue weighted by Gasteiger charge is 2.08. The molecule has 0 aliphatic rings. The van der Waals surface area contributed by atoms with Gasteiger partial charge < -0.3 is 20.3 Å². The first-order valence-corrected chi connectivity index (χ1v) is 7.70. The lowest BCUT2D eigenvalue weighted by atomic mass is 10.2. The number of aromatic nitrogens is 2. The molecule has 130 valence electrons. The predicted octanol–water partition coefficient (Wildman–Crippen LogP) is 2.34. The molecular formula is C18H20N4O3. The second kappa shape index (κ2) is 8.49. The second-order valence-corrected chi connectivity index (χ2v) is 4.98. The maximum absolute atomic E-state index is 11.5. The number of likely N-dealkylation sites (N-methyl/N-ethyl adjacent to an activating group) is 1. The molecule has 0 unspecified atom stereocenters. The summed E-state index contributed by atoms with van der Waals surface area (Å²) in [6.07, 6.45) is 5.27. The van der Waals surface area contributed by atoms with Crippen LogP contribution >= 0.6 is 0 Å². The fourth-order valence-corrected chi connectivity index (χ4v) is 1.91. The number of benzene rings is 1. The van der Waals surface area contributed by atoms with Gasteiger partial charge in [0.1, 0.15) is 17.2 Å². The molecular weight excluding hydrogens is 320 g/mol. The third-order valence-electron chi connectivity index (χ3n) is 3.19. The minimum atomic E-state index is -0.391. The highest BCUT2D eigenvalue weighted by atomic mass is 16.5. The van der Waals surface area contributed by atoms with Crippen molar-refractivity contribution in [3.05, 3.63) is 66.4 Å². The third-order valence-corrected chi connectivity index (χ3v) is 3.19. The molecule has 1 amide bonds. The summed E-state index contributed by atoms with van der Waals surface area (Å²) in [6.45, 7) is 5.57. The van der Waals surface area contributed by atoms with E-state index in [9.17, 15) is 4.79 Å². The summed E-state index contributed by atoms with van der Waals surface area (Å²) in [4.78, 5) is 15.8. The van der Waals surface area contributed by atoms with Crippen LogP contribution in [0.5, 0.6) is 5.75 Å². The van der Waals surface area contributed by atoms with Crippen LogP contribution in [0.3, 0.4) is 0 Å². The quantitative estimate of drug-likeness (QED) is 0.455. The maximum atomic E-state index is 11.5. The van der Waals surface area contributed by atoms with Crippen LogP contribution in [0.4, 0.5) is 0 Å². The van der Waals surface area contributed by atoms with Crippen molar-refractivity contribution >= 4 is 5.91 Å². The Kier molecular flexibility index (Phi) is 6.11. The van der Waals surface area contributed by atoms with Crippen molar-refractivity contribution in [3.8, 4) is 17.1 Å². The molecule has 25 heavy (non-hydrogen) atoms. The first-order chi connectivity index (χ1) is 12.1. The maximum Gasteiger partial charge on any atom is 0.267 e. The van der Waals surface area contributed by atoms with Gasteiger partial charge in [-0.3, -0.25) is 4.79 Å². The second-order valence-electron chi connectivity index (χ2n) is 4.98. The number of nitrogens with zero attached hydrogens (tertiary/aromatic N) is 2. The number of nitrogens with one attached hydrogen (secondary N) is 1. The molecule has 0 spiro atoms. The van der Waals surface area contributed by atoms with Crippen LogP contribution in [0.1, 0.15) is 12.8 Å². The smallest absolute Gasteiger partial charge is 0.267 e. The fraction of sp³-hybridized carbons (Fsp3) is 0.167. The Bertz CT molecular complexity index is 804. The first-order valence-electron chi connectivity index (χ1n) is 7.70. The van der Waals surface area contributed by atoms with Gasteiger partial charge in [-0.05, 0) is 30.3 Å². The van der Waals surface area contributed by atoms with E-state index in [1.54, 1.807) is 24.3 Å². The van der Waals surface area contributed by atoms with Crippen LogP contribution in [0.25, 0.3) is 11.4 Å². The molecule has 7 nitrogen and oxygen atoms in total. The van der Waals surface area contributed by atoms with Crippen molar-refractivity contribution in [1.82, 2.24) is 15.5 Å². The molecule has 1 aromatic carbocycles. The average Bonchev–Trinajstić information content (AvgIpc) is 3.11. The molecule has 1 aromatic heterocycles. The normalized spacial score (nSPS) is 11.9. The molecule has 2 aromatic rings. The SMILES string of the molecule is C=C/C=C(\C=C(/N)C(=O)NC)Oc1ccc(-c2noc(CC)n2)cc1. The summed E-state index contributed by atoms with van der Waals surface area (Å²) < 4.78 is 10.8. The number of carbonyl (C=O) groups excluding carboxylic acids is 1. The van der Waals surface area contributed by atoms with Crippen molar-refractivity contribution in [1.29, 1.82) is 0 Å². The Morgan fingerprint density at radius 1 is 1.40 bits per heavy atom. The van der Waals surface area contributed by atoms with Crippen molar-refractivity contribution in [3.63, 3.8) is 0 Å².